The number of nitrogens with two attached hydrogens (primary N) is 1. The third-order valence-electron chi connectivity index (χ3n) is 3.97. The number of nitrogens with one attached hydrogen (secondary N) is 1. The molecular weight excluding hydrogens is 266 g/mol. The Balaban J connectivity index is 1.91. The van der Waals surface area contributed by atoms with Gasteiger partial charge in [0.25, 0.3) is 0 Å². The van der Waals surface area contributed by atoms with Gasteiger partial charge < -0.3 is 15.8 Å². The summed E-state index contributed by atoms with van der Waals surface area (Å²) in [6, 6.07) is 7.95. The van der Waals surface area contributed by atoms with Crippen LogP contribution in [0.4, 0.5) is 5.69 Å². The quantitative estimate of drug-likeness (QED) is 0.864. The van der Waals surface area contributed by atoms with Gasteiger partial charge in [0.15, 0.2) is 0 Å². The lowest BCUT2D eigenvalue weighted by Crippen LogP contribution is -2.47. The highest BCUT2D eigenvalue weighted by Crippen LogP contribution is 2.15. The monoisotopic (exact) mass is 291 g/mol. The largest absolute Gasteiger partial charge is 0.379 e. The molecule has 1 aliphatic heterocycles. The highest BCUT2D eigenvalue weighted by Gasteiger charge is 2.25. The molecule has 0 spiro atoms. The molecule has 0 aliphatic carbocycles. The van der Waals surface area contributed by atoms with Gasteiger partial charge in [-0.05, 0) is 31.0 Å². The van der Waals surface area contributed by atoms with Gasteiger partial charge in [-0.25, -0.2) is 0 Å². The zero-order valence-electron chi connectivity index (χ0n) is 12.9. The van der Waals surface area contributed by atoms with E-state index in [2.05, 4.69) is 10.2 Å². The van der Waals surface area contributed by atoms with Crippen LogP contribution in [0.1, 0.15) is 25.8 Å². The molecule has 1 aromatic carbocycles. The normalized spacial score (nSPS) is 19.0. The van der Waals surface area contributed by atoms with Crippen LogP contribution >= 0.6 is 0 Å². The van der Waals surface area contributed by atoms with Crippen LogP contribution in [0, 0.1) is 0 Å². The van der Waals surface area contributed by atoms with Crippen LogP contribution in [-0.4, -0.2) is 42.6 Å². The molecule has 3 N–H and O–H groups in total. The van der Waals surface area contributed by atoms with Crippen LogP contribution in [-0.2, 0) is 16.1 Å². The highest BCUT2D eigenvalue weighted by atomic mass is 16.5. The number of hydrogen-bond donors (Lipinski definition) is 2. The predicted molar refractivity (Wildman–Crippen MR) is 84.1 cm³/mol. The number of rotatable bonds is 5. The molecule has 1 heterocycles. The van der Waals surface area contributed by atoms with Gasteiger partial charge in [-0.3, -0.25) is 9.69 Å². The van der Waals surface area contributed by atoms with E-state index < -0.39 is 5.54 Å². The molecule has 1 aliphatic rings. The number of anilines is 1. The summed E-state index contributed by atoms with van der Waals surface area (Å²) in [6.45, 7) is 8.13. The minimum atomic E-state index is -0.827. The molecule has 0 saturated carbocycles. The molecular formula is C16H25N3O2. The Morgan fingerprint density at radius 2 is 1.95 bits per heavy atom. The van der Waals surface area contributed by atoms with E-state index in [1.165, 1.54) is 5.56 Å². The summed E-state index contributed by atoms with van der Waals surface area (Å²) < 4.78 is 5.34. The van der Waals surface area contributed by atoms with Crippen LogP contribution in [0.3, 0.4) is 0 Å². The fourth-order valence-corrected chi connectivity index (χ4v) is 2.15. The zero-order chi connectivity index (χ0) is 15.3. The second-order valence-electron chi connectivity index (χ2n) is 5.81. The van der Waals surface area contributed by atoms with Crippen molar-refractivity contribution in [3.63, 3.8) is 0 Å². The molecule has 0 radical (unpaired) electrons. The Kier molecular flexibility index (Phi) is 5.33. The molecule has 0 aromatic heterocycles. The van der Waals surface area contributed by atoms with Crippen LogP contribution in [0.15, 0.2) is 24.3 Å². The lowest BCUT2D eigenvalue weighted by Gasteiger charge is -2.26. The predicted octanol–water partition coefficient (Wildman–Crippen LogP) is 1.58. The van der Waals surface area contributed by atoms with Crippen LogP contribution in [0.25, 0.3) is 0 Å². The third-order valence-corrected chi connectivity index (χ3v) is 3.97. The Bertz CT molecular complexity index is 465. The summed E-state index contributed by atoms with van der Waals surface area (Å²) in [5, 5.41) is 2.87. The van der Waals surface area contributed by atoms with Gasteiger partial charge in [0, 0.05) is 25.3 Å². The second kappa shape index (κ2) is 7.02. The van der Waals surface area contributed by atoms with E-state index in [1.807, 2.05) is 31.2 Å². The average molecular weight is 291 g/mol. The minimum Gasteiger partial charge on any atom is -0.379 e. The Labute approximate surface area is 126 Å². The van der Waals surface area contributed by atoms with Crippen LogP contribution < -0.4 is 11.1 Å². The number of hydrogen-bond acceptors (Lipinski definition) is 4. The SMILES string of the molecule is CCC(C)(N)C(=O)Nc1ccc(CN2CCOCC2)cc1. The number of benzene rings is 1. The summed E-state index contributed by atoms with van der Waals surface area (Å²) in [4.78, 5) is 14.4. The van der Waals surface area contributed by atoms with Gasteiger partial charge in [0.05, 0.1) is 18.8 Å². The zero-order valence-corrected chi connectivity index (χ0v) is 12.9. The first kappa shape index (κ1) is 15.9. The number of amides is 1. The minimum absolute atomic E-state index is 0.147. The maximum absolute atomic E-state index is 12.0. The van der Waals surface area contributed by atoms with Crippen molar-refractivity contribution in [2.24, 2.45) is 5.73 Å². The van der Waals surface area contributed by atoms with Crippen LogP contribution in [0.5, 0.6) is 0 Å². The molecule has 1 unspecified atom stereocenters. The van der Waals surface area contributed by atoms with Crippen molar-refractivity contribution in [1.82, 2.24) is 4.90 Å². The lowest BCUT2D eigenvalue weighted by molar-refractivity contribution is -0.120. The second-order valence-corrected chi connectivity index (χ2v) is 5.81. The third kappa shape index (κ3) is 4.52. The van der Waals surface area contributed by atoms with Crippen molar-refractivity contribution in [3.8, 4) is 0 Å². The molecule has 1 aromatic rings. The van der Waals surface area contributed by atoms with Gasteiger partial charge in [0.2, 0.25) is 5.91 Å². The van der Waals surface area contributed by atoms with Crippen molar-refractivity contribution >= 4 is 11.6 Å². The molecule has 0 bridgehead atoms. The van der Waals surface area contributed by atoms with E-state index in [1.54, 1.807) is 6.92 Å². The highest BCUT2D eigenvalue weighted by molar-refractivity contribution is 5.97. The molecule has 1 fully saturated rings. The van der Waals surface area contributed by atoms with Gasteiger partial charge in [-0.1, -0.05) is 19.1 Å². The van der Waals surface area contributed by atoms with Gasteiger partial charge >= 0.3 is 0 Å². The molecule has 1 atom stereocenters. The molecule has 116 valence electrons. The molecule has 1 amide bonds. The maximum Gasteiger partial charge on any atom is 0.244 e. The number of ether oxygens (including phenoxy) is 1. The molecule has 1 saturated heterocycles. The van der Waals surface area contributed by atoms with Crippen LogP contribution in [0.2, 0.25) is 0 Å². The standard InChI is InChI=1S/C16H25N3O2/c1-3-16(2,17)15(20)18-14-6-4-13(5-7-14)12-19-8-10-21-11-9-19/h4-7H,3,8-12,17H2,1-2H3,(H,18,20). The summed E-state index contributed by atoms with van der Waals surface area (Å²) in [5.74, 6) is -0.147. The maximum atomic E-state index is 12.0. The van der Waals surface area contributed by atoms with Gasteiger partial charge in [-0.2, -0.15) is 0 Å². The summed E-state index contributed by atoms with van der Waals surface area (Å²) in [5.41, 5.74) is 7.13. The Morgan fingerprint density at radius 1 is 1.33 bits per heavy atom. The smallest absolute Gasteiger partial charge is 0.244 e. The molecule has 2 rings (SSSR count). The first-order chi connectivity index (χ1) is 10.0. The van der Waals surface area contributed by atoms with E-state index in [4.69, 9.17) is 10.5 Å². The number of carbonyl (C=O) groups is 1. The fraction of sp³-hybridized carbons (Fsp3) is 0.562. The first-order valence-electron chi connectivity index (χ1n) is 7.50. The fourth-order valence-electron chi connectivity index (χ4n) is 2.15. The van der Waals surface area contributed by atoms with Crippen molar-refractivity contribution in [2.75, 3.05) is 31.6 Å². The Hall–Kier alpha value is -1.43. The molecule has 5 heteroatoms. The van der Waals surface area contributed by atoms with Crippen molar-refractivity contribution < 1.29 is 9.53 Å². The van der Waals surface area contributed by atoms with E-state index in [9.17, 15) is 4.79 Å². The summed E-state index contributed by atoms with van der Waals surface area (Å²) >= 11 is 0. The number of morpholine rings is 1. The number of carbonyl (C=O) groups excluding carboxylic acids is 1. The summed E-state index contributed by atoms with van der Waals surface area (Å²) in [7, 11) is 0. The lowest BCUT2D eigenvalue weighted by atomic mass is 9.99. The van der Waals surface area contributed by atoms with E-state index >= 15 is 0 Å². The Morgan fingerprint density at radius 3 is 2.52 bits per heavy atom. The van der Waals surface area contributed by atoms with E-state index in [0.29, 0.717) is 6.42 Å². The van der Waals surface area contributed by atoms with Gasteiger partial charge in [0.1, 0.15) is 0 Å². The van der Waals surface area contributed by atoms with Crippen molar-refractivity contribution in [1.29, 1.82) is 0 Å². The van der Waals surface area contributed by atoms with E-state index in [-0.39, 0.29) is 5.91 Å². The summed E-state index contributed by atoms with van der Waals surface area (Å²) in [6.07, 6.45) is 0.605. The first-order valence-corrected chi connectivity index (χ1v) is 7.50. The molecule has 5 nitrogen and oxygen atoms in total. The average Bonchev–Trinajstić information content (AvgIpc) is 2.50. The van der Waals surface area contributed by atoms with Gasteiger partial charge in [-0.15, -0.1) is 0 Å². The number of nitrogens with zero attached hydrogens (tertiary/aromatic N) is 1. The van der Waals surface area contributed by atoms with Crippen molar-refractivity contribution in [2.45, 2.75) is 32.4 Å². The van der Waals surface area contributed by atoms with Crippen molar-refractivity contribution in [3.05, 3.63) is 29.8 Å². The topological polar surface area (TPSA) is 67.6 Å². The van der Waals surface area contributed by atoms with E-state index in [0.717, 1.165) is 38.5 Å². The molecule has 21 heavy (non-hydrogen) atoms.